The Morgan fingerprint density at radius 1 is 0.818 bits per heavy atom. The molecule has 124 valence electrons. The molecule has 0 aliphatic heterocycles. The molecule has 0 heterocycles. The van der Waals surface area contributed by atoms with Crippen LogP contribution in [-0.2, 0) is 24.0 Å². The molecule has 3 N–H and O–H groups in total. The van der Waals surface area contributed by atoms with Crippen molar-refractivity contribution in [3.05, 3.63) is 0 Å². The van der Waals surface area contributed by atoms with Gasteiger partial charge in [-0.2, -0.15) is 0 Å². The summed E-state index contributed by atoms with van der Waals surface area (Å²) in [6.45, 7) is 4.16. The van der Waals surface area contributed by atoms with E-state index in [2.05, 4.69) is 16.0 Å². The maximum atomic E-state index is 11.4. The van der Waals surface area contributed by atoms with E-state index in [-0.39, 0.29) is 42.2 Å². The van der Waals surface area contributed by atoms with Crippen LogP contribution in [0.3, 0.4) is 0 Å². The van der Waals surface area contributed by atoms with Crippen LogP contribution in [0.1, 0.15) is 20.8 Å². The topological polar surface area (TPSA) is 121 Å². The molecule has 0 spiro atoms. The van der Waals surface area contributed by atoms with Gasteiger partial charge < -0.3 is 16.0 Å². The van der Waals surface area contributed by atoms with Gasteiger partial charge in [-0.3, -0.25) is 24.0 Å². The molecule has 0 aromatic carbocycles. The third-order valence-electron chi connectivity index (χ3n) is 2.40. The minimum atomic E-state index is -0.536. The lowest BCUT2D eigenvalue weighted by Crippen LogP contribution is -2.43. The number of nitrogens with one attached hydrogen (secondary N) is 3. The monoisotopic (exact) mass is 331 g/mol. The van der Waals surface area contributed by atoms with Crippen molar-refractivity contribution in [2.75, 3.05) is 25.4 Å². The van der Waals surface area contributed by atoms with Gasteiger partial charge in [0.2, 0.25) is 17.7 Å². The summed E-state index contributed by atoms with van der Waals surface area (Å²) in [6.07, 6.45) is 0. The highest BCUT2D eigenvalue weighted by Gasteiger charge is 2.11. The van der Waals surface area contributed by atoms with Crippen LogP contribution in [0.15, 0.2) is 0 Å². The highest BCUT2D eigenvalue weighted by molar-refractivity contribution is 8.14. The highest BCUT2D eigenvalue weighted by Crippen LogP contribution is 1.98. The second-order valence-corrected chi connectivity index (χ2v) is 5.88. The van der Waals surface area contributed by atoms with E-state index in [1.54, 1.807) is 13.8 Å². The molecule has 0 saturated carbocycles. The number of hydrogen-bond donors (Lipinski definition) is 3. The summed E-state index contributed by atoms with van der Waals surface area (Å²) in [5.74, 6) is -1.79. The minimum absolute atomic E-state index is 0.0551. The van der Waals surface area contributed by atoms with Gasteiger partial charge in [0.05, 0.1) is 25.4 Å². The van der Waals surface area contributed by atoms with Crippen LogP contribution in [0, 0.1) is 5.92 Å². The number of carbonyl (C=O) groups excluding carboxylic acids is 5. The Labute approximate surface area is 133 Å². The SMILES string of the molecule is CC(=O)SCC(=O)NCC(=O)NCC(=O)NCC(=O)C(C)C. The van der Waals surface area contributed by atoms with Crippen LogP contribution in [0.2, 0.25) is 0 Å². The average Bonchev–Trinajstić information content (AvgIpc) is 2.45. The third-order valence-corrected chi connectivity index (χ3v) is 3.22. The first-order chi connectivity index (χ1) is 10.2. The van der Waals surface area contributed by atoms with Gasteiger partial charge in [0.1, 0.15) is 0 Å². The Kier molecular flexibility index (Phi) is 9.84. The number of thioether (sulfide) groups is 1. The fraction of sp³-hybridized carbons (Fsp3) is 0.615. The molecule has 0 aliphatic carbocycles. The Morgan fingerprint density at radius 3 is 1.73 bits per heavy atom. The second kappa shape index (κ2) is 10.8. The summed E-state index contributed by atoms with van der Waals surface area (Å²) in [5.41, 5.74) is 0. The number of rotatable bonds is 9. The standard InChI is InChI=1S/C13H21N3O5S/c1-8(2)10(18)4-14-11(19)5-15-12(20)6-16-13(21)7-22-9(3)17/h8H,4-7H2,1-3H3,(H,14,19)(H,15,20)(H,16,21). The number of carbonyl (C=O) groups is 5. The third kappa shape index (κ3) is 10.8. The number of Topliss-reactive ketones (excluding diaryl/α,β-unsaturated/α-hetero) is 1. The van der Waals surface area contributed by atoms with Crippen LogP contribution in [0.5, 0.6) is 0 Å². The normalized spacial score (nSPS) is 10.0. The van der Waals surface area contributed by atoms with Crippen molar-refractivity contribution in [2.24, 2.45) is 5.92 Å². The van der Waals surface area contributed by atoms with Gasteiger partial charge in [-0.05, 0) is 0 Å². The van der Waals surface area contributed by atoms with Crippen LogP contribution in [0.25, 0.3) is 0 Å². The second-order valence-electron chi connectivity index (χ2n) is 4.73. The molecule has 0 bridgehead atoms. The van der Waals surface area contributed by atoms with Crippen molar-refractivity contribution < 1.29 is 24.0 Å². The zero-order chi connectivity index (χ0) is 17.1. The van der Waals surface area contributed by atoms with E-state index in [4.69, 9.17) is 0 Å². The van der Waals surface area contributed by atoms with Crippen molar-refractivity contribution in [3.8, 4) is 0 Å². The summed E-state index contributed by atoms with van der Waals surface area (Å²) >= 11 is 0.842. The van der Waals surface area contributed by atoms with E-state index in [0.29, 0.717) is 0 Å². The maximum absolute atomic E-state index is 11.4. The molecule has 9 heteroatoms. The molecule has 3 amide bonds. The zero-order valence-electron chi connectivity index (χ0n) is 12.9. The lowest BCUT2D eigenvalue weighted by molar-refractivity contribution is -0.128. The predicted molar refractivity (Wildman–Crippen MR) is 82.0 cm³/mol. The molecular weight excluding hydrogens is 310 g/mol. The molecule has 0 radical (unpaired) electrons. The smallest absolute Gasteiger partial charge is 0.239 e. The molecule has 0 saturated heterocycles. The quantitative estimate of drug-likeness (QED) is 0.490. The van der Waals surface area contributed by atoms with E-state index in [1.165, 1.54) is 6.92 Å². The van der Waals surface area contributed by atoms with Crippen LogP contribution in [0.4, 0.5) is 0 Å². The number of hydrogen-bond acceptors (Lipinski definition) is 6. The minimum Gasteiger partial charge on any atom is -0.347 e. The fourth-order valence-electron chi connectivity index (χ4n) is 1.09. The van der Waals surface area contributed by atoms with Crippen LogP contribution >= 0.6 is 11.8 Å². The molecule has 0 aromatic rings. The van der Waals surface area contributed by atoms with E-state index in [9.17, 15) is 24.0 Å². The summed E-state index contributed by atoms with van der Waals surface area (Å²) in [7, 11) is 0. The van der Waals surface area contributed by atoms with Crippen LogP contribution in [-0.4, -0.2) is 54.0 Å². The summed E-state index contributed by atoms with van der Waals surface area (Å²) in [5, 5.41) is 6.82. The Hall–Kier alpha value is -1.90. The van der Waals surface area contributed by atoms with Crippen molar-refractivity contribution >= 4 is 40.4 Å². The Balaban J connectivity index is 3.80. The summed E-state index contributed by atoms with van der Waals surface area (Å²) in [4.78, 5) is 56.0. The highest BCUT2D eigenvalue weighted by atomic mass is 32.2. The fourth-order valence-corrected chi connectivity index (χ4v) is 1.53. The summed E-state index contributed by atoms with van der Waals surface area (Å²) in [6, 6.07) is 0. The zero-order valence-corrected chi connectivity index (χ0v) is 13.7. The van der Waals surface area contributed by atoms with E-state index < -0.39 is 17.7 Å². The van der Waals surface area contributed by atoms with Gasteiger partial charge in [-0.25, -0.2) is 0 Å². The molecule has 8 nitrogen and oxygen atoms in total. The first-order valence-electron chi connectivity index (χ1n) is 6.68. The Morgan fingerprint density at radius 2 is 1.27 bits per heavy atom. The van der Waals surface area contributed by atoms with Gasteiger partial charge in [0.15, 0.2) is 10.9 Å². The first kappa shape index (κ1) is 20.1. The van der Waals surface area contributed by atoms with Gasteiger partial charge >= 0.3 is 0 Å². The molecular formula is C13H21N3O5S. The molecule has 0 aliphatic rings. The van der Waals surface area contributed by atoms with Crippen molar-refractivity contribution in [1.82, 2.24) is 16.0 Å². The largest absolute Gasteiger partial charge is 0.347 e. The molecule has 0 fully saturated rings. The van der Waals surface area contributed by atoms with E-state index in [1.807, 2.05) is 0 Å². The first-order valence-corrected chi connectivity index (χ1v) is 7.67. The van der Waals surface area contributed by atoms with Gasteiger partial charge in [0, 0.05) is 12.8 Å². The maximum Gasteiger partial charge on any atom is 0.239 e. The van der Waals surface area contributed by atoms with E-state index in [0.717, 1.165) is 11.8 Å². The molecule has 22 heavy (non-hydrogen) atoms. The lowest BCUT2D eigenvalue weighted by Gasteiger charge is -2.08. The predicted octanol–water partition coefficient (Wildman–Crippen LogP) is -1.16. The van der Waals surface area contributed by atoms with Crippen molar-refractivity contribution in [1.29, 1.82) is 0 Å². The molecule has 0 atom stereocenters. The number of amides is 3. The number of ketones is 1. The van der Waals surface area contributed by atoms with Gasteiger partial charge in [-0.15, -0.1) is 0 Å². The van der Waals surface area contributed by atoms with Crippen molar-refractivity contribution in [3.63, 3.8) is 0 Å². The molecule has 0 aromatic heterocycles. The van der Waals surface area contributed by atoms with E-state index >= 15 is 0 Å². The summed E-state index contributed by atoms with van der Waals surface area (Å²) < 4.78 is 0. The van der Waals surface area contributed by atoms with Gasteiger partial charge in [-0.1, -0.05) is 25.6 Å². The molecule has 0 unspecified atom stereocenters. The molecule has 0 rings (SSSR count). The van der Waals surface area contributed by atoms with Crippen LogP contribution < -0.4 is 16.0 Å². The lowest BCUT2D eigenvalue weighted by atomic mass is 10.1. The van der Waals surface area contributed by atoms with Crippen molar-refractivity contribution in [2.45, 2.75) is 20.8 Å². The average molecular weight is 331 g/mol. The van der Waals surface area contributed by atoms with Gasteiger partial charge in [0.25, 0.3) is 0 Å². The Bertz CT molecular complexity index is 451.